The number of para-hydroxylation sites is 2. The Hall–Kier alpha value is -4.78. The number of benzene rings is 4. The molecule has 0 atom stereocenters. The first-order valence-corrected chi connectivity index (χ1v) is 12.2. The quantitative estimate of drug-likeness (QED) is 0.283. The highest BCUT2D eigenvalue weighted by Crippen LogP contribution is 2.35. The van der Waals surface area contributed by atoms with Crippen LogP contribution in [-0.4, -0.2) is 25.6 Å². The van der Waals surface area contributed by atoms with E-state index < -0.39 is 0 Å². The van der Waals surface area contributed by atoms with Crippen molar-refractivity contribution < 1.29 is 0 Å². The van der Waals surface area contributed by atoms with Gasteiger partial charge in [0.25, 0.3) is 5.56 Å². The molecule has 0 saturated carbocycles. The molecule has 0 amide bonds. The van der Waals surface area contributed by atoms with Crippen LogP contribution in [0.2, 0.25) is 0 Å². The van der Waals surface area contributed by atoms with Gasteiger partial charge in [-0.2, -0.15) is 0 Å². The number of fused-ring (bicyclic) bond motifs is 4. The molecule has 0 fully saturated rings. The molecule has 0 aliphatic heterocycles. The lowest BCUT2D eigenvalue weighted by Crippen LogP contribution is -2.39. The van der Waals surface area contributed by atoms with Crippen molar-refractivity contribution in [1.29, 1.82) is 0 Å². The summed E-state index contributed by atoms with van der Waals surface area (Å²) in [5.74, 6) is 0.488. The maximum atomic E-state index is 13.7. The second kappa shape index (κ2) is 9.02. The summed E-state index contributed by atoms with van der Waals surface area (Å²) in [6.07, 6.45) is 0.750. The summed E-state index contributed by atoms with van der Waals surface area (Å²) >= 11 is 0. The fourth-order valence-corrected chi connectivity index (χ4v) is 4.92. The highest BCUT2D eigenvalue weighted by atomic mass is 16.2. The fourth-order valence-electron chi connectivity index (χ4n) is 4.92. The number of nitrogens with zero attached hydrogens (tertiary/aromatic N) is 4. The number of nitrogens with one attached hydrogen (secondary N) is 1. The van der Waals surface area contributed by atoms with Gasteiger partial charge < -0.3 is 5.32 Å². The zero-order valence-corrected chi connectivity index (χ0v) is 20.6. The van der Waals surface area contributed by atoms with Crippen LogP contribution in [-0.2, 0) is 20.5 Å². The van der Waals surface area contributed by atoms with Gasteiger partial charge in [-0.15, -0.1) is 0 Å². The Morgan fingerprint density at radius 1 is 0.730 bits per heavy atom. The lowest BCUT2D eigenvalue weighted by molar-refractivity contribution is 0.691. The van der Waals surface area contributed by atoms with Crippen LogP contribution in [0.1, 0.15) is 5.56 Å². The SMILES string of the molecule is Cn1c(NCCc2ccccc2)c(-c2cc3nc4ccccc4nc3c3ccccc23)c(=O)n(C)c1=O. The molecule has 7 heteroatoms. The van der Waals surface area contributed by atoms with E-state index in [1.54, 1.807) is 7.05 Å². The lowest BCUT2D eigenvalue weighted by Gasteiger charge is -2.19. The molecular formula is C30H25N5O2. The standard InChI is InChI=1S/C30H25N5O2/c1-34-28(31-17-16-19-10-4-3-5-11-19)26(29(36)35(2)30(34)37)22-18-25-27(21-13-7-6-12-20(21)22)33-24-15-9-8-14-23(24)32-25/h3-15,18,31H,16-17H2,1-2H3. The van der Waals surface area contributed by atoms with Crippen molar-refractivity contribution in [2.45, 2.75) is 6.42 Å². The molecule has 1 N–H and O–H groups in total. The summed E-state index contributed by atoms with van der Waals surface area (Å²) in [5, 5.41) is 5.17. The van der Waals surface area contributed by atoms with Crippen molar-refractivity contribution in [3.05, 3.63) is 111 Å². The summed E-state index contributed by atoms with van der Waals surface area (Å²) in [6.45, 7) is 0.563. The van der Waals surface area contributed by atoms with Crippen LogP contribution in [0.15, 0.2) is 94.5 Å². The lowest BCUT2D eigenvalue weighted by atomic mass is 9.97. The molecule has 0 aliphatic carbocycles. The Bertz CT molecular complexity index is 1920. The predicted octanol–water partition coefficient (Wildman–Crippen LogP) is 4.66. The Labute approximate surface area is 212 Å². The average Bonchev–Trinajstić information content (AvgIpc) is 2.94. The maximum absolute atomic E-state index is 13.7. The number of rotatable bonds is 5. The Kier molecular flexibility index (Phi) is 5.53. The highest BCUT2D eigenvalue weighted by Gasteiger charge is 2.21. The van der Waals surface area contributed by atoms with Crippen LogP contribution in [0, 0.1) is 0 Å². The number of aromatic nitrogens is 4. The van der Waals surface area contributed by atoms with Gasteiger partial charge in [-0.3, -0.25) is 13.9 Å². The third-order valence-corrected chi connectivity index (χ3v) is 6.83. The van der Waals surface area contributed by atoms with Crippen molar-refractivity contribution in [3.63, 3.8) is 0 Å². The summed E-state index contributed by atoms with van der Waals surface area (Å²) in [7, 11) is 3.20. The van der Waals surface area contributed by atoms with Crippen LogP contribution < -0.4 is 16.6 Å². The predicted molar refractivity (Wildman–Crippen MR) is 149 cm³/mol. The second-order valence-corrected chi connectivity index (χ2v) is 9.14. The van der Waals surface area contributed by atoms with Gasteiger partial charge in [-0.1, -0.05) is 66.7 Å². The van der Waals surface area contributed by atoms with Crippen molar-refractivity contribution in [2.75, 3.05) is 11.9 Å². The molecule has 182 valence electrons. The van der Waals surface area contributed by atoms with Crippen LogP contribution in [0.5, 0.6) is 0 Å². The maximum Gasteiger partial charge on any atom is 0.332 e. The molecule has 0 aliphatic rings. The van der Waals surface area contributed by atoms with Gasteiger partial charge in [0.2, 0.25) is 0 Å². The highest BCUT2D eigenvalue weighted by molar-refractivity contribution is 6.13. The van der Waals surface area contributed by atoms with E-state index in [2.05, 4.69) is 17.4 Å². The smallest absolute Gasteiger partial charge is 0.332 e. The molecule has 4 aromatic carbocycles. The molecule has 6 aromatic rings. The van der Waals surface area contributed by atoms with E-state index in [1.165, 1.54) is 17.2 Å². The van der Waals surface area contributed by atoms with Crippen molar-refractivity contribution in [2.24, 2.45) is 14.1 Å². The van der Waals surface area contributed by atoms with Gasteiger partial charge >= 0.3 is 5.69 Å². The van der Waals surface area contributed by atoms with Gasteiger partial charge in [0.15, 0.2) is 0 Å². The first-order valence-electron chi connectivity index (χ1n) is 12.2. The van der Waals surface area contributed by atoms with Gasteiger partial charge in [-0.25, -0.2) is 14.8 Å². The number of hydrogen-bond acceptors (Lipinski definition) is 5. The van der Waals surface area contributed by atoms with Crippen LogP contribution in [0.25, 0.3) is 44.0 Å². The first-order chi connectivity index (χ1) is 18.0. The van der Waals surface area contributed by atoms with Gasteiger partial charge in [0, 0.05) is 31.6 Å². The normalized spacial score (nSPS) is 11.4. The van der Waals surface area contributed by atoms with E-state index in [0.717, 1.165) is 38.3 Å². The zero-order valence-electron chi connectivity index (χ0n) is 20.6. The van der Waals surface area contributed by atoms with E-state index in [9.17, 15) is 9.59 Å². The Morgan fingerprint density at radius 2 is 1.38 bits per heavy atom. The molecular weight excluding hydrogens is 462 g/mol. The van der Waals surface area contributed by atoms with E-state index in [0.29, 0.717) is 29.0 Å². The molecule has 7 nitrogen and oxygen atoms in total. The van der Waals surface area contributed by atoms with Gasteiger partial charge in [0.05, 0.1) is 27.6 Å². The van der Waals surface area contributed by atoms with Crippen LogP contribution in [0.3, 0.4) is 0 Å². The monoisotopic (exact) mass is 487 g/mol. The van der Waals surface area contributed by atoms with E-state index in [-0.39, 0.29) is 11.2 Å². The van der Waals surface area contributed by atoms with Crippen LogP contribution >= 0.6 is 0 Å². The first kappa shape index (κ1) is 22.7. The zero-order chi connectivity index (χ0) is 25.5. The minimum Gasteiger partial charge on any atom is -0.370 e. The Balaban J connectivity index is 1.60. The van der Waals surface area contributed by atoms with E-state index in [1.807, 2.05) is 72.8 Å². The topological polar surface area (TPSA) is 81.8 Å². The molecule has 6 rings (SSSR count). The minimum absolute atomic E-state index is 0.358. The largest absolute Gasteiger partial charge is 0.370 e. The molecule has 0 spiro atoms. The van der Waals surface area contributed by atoms with Crippen molar-refractivity contribution >= 4 is 38.7 Å². The molecule has 37 heavy (non-hydrogen) atoms. The number of anilines is 1. The molecule has 2 aromatic heterocycles. The minimum atomic E-state index is -0.383. The fraction of sp³-hybridized carbons (Fsp3) is 0.133. The molecule has 2 heterocycles. The third kappa shape index (κ3) is 3.85. The average molecular weight is 488 g/mol. The second-order valence-electron chi connectivity index (χ2n) is 9.14. The summed E-state index contributed by atoms with van der Waals surface area (Å²) in [5.41, 5.74) is 4.65. The molecule has 0 saturated heterocycles. The van der Waals surface area contributed by atoms with Crippen LogP contribution in [0.4, 0.5) is 5.82 Å². The Morgan fingerprint density at radius 3 is 2.14 bits per heavy atom. The van der Waals surface area contributed by atoms with E-state index in [4.69, 9.17) is 9.97 Å². The number of hydrogen-bond donors (Lipinski definition) is 1. The molecule has 0 bridgehead atoms. The van der Waals surface area contributed by atoms with Crippen molar-refractivity contribution in [3.8, 4) is 11.1 Å². The van der Waals surface area contributed by atoms with E-state index >= 15 is 0 Å². The summed E-state index contributed by atoms with van der Waals surface area (Å²) in [4.78, 5) is 36.4. The van der Waals surface area contributed by atoms with Crippen molar-refractivity contribution in [1.82, 2.24) is 19.1 Å². The summed E-state index contributed by atoms with van der Waals surface area (Å²) in [6, 6.07) is 27.7. The molecule has 0 unspecified atom stereocenters. The van der Waals surface area contributed by atoms with Gasteiger partial charge in [0.1, 0.15) is 5.82 Å². The molecule has 0 radical (unpaired) electrons. The summed E-state index contributed by atoms with van der Waals surface area (Å²) < 4.78 is 2.66. The third-order valence-electron chi connectivity index (χ3n) is 6.83. The van der Waals surface area contributed by atoms with Gasteiger partial charge in [-0.05, 0) is 35.6 Å².